The van der Waals surface area contributed by atoms with Crippen molar-refractivity contribution < 1.29 is 8.42 Å². The Morgan fingerprint density at radius 2 is 1.96 bits per heavy atom. The Hall–Kier alpha value is -2.53. The van der Waals surface area contributed by atoms with Gasteiger partial charge in [0.05, 0.1) is 12.2 Å². The molecule has 1 aliphatic heterocycles. The number of hydrogen-bond donors (Lipinski definition) is 0. The first-order valence-electron chi connectivity index (χ1n) is 9.37. The highest BCUT2D eigenvalue weighted by Gasteiger charge is 2.38. The van der Waals surface area contributed by atoms with E-state index in [2.05, 4.69) is 20.2 Å². The lowest BCUT2D eigenvalue weighted by molar-refractivity contribution is 0.308. The van der Waals surface area contributed by atoms with Crippen LogP contribution in [-0.4, -0.2) is 68.5 Å². The zero-order chi connectivity index (χ0) is 19.5. The number of aromatic nitrogens is 6. The van der Waals surface area contributed by atoms with Gasteiger partial charge in [-0.1, -0.05) is 6.42 Å². The van der Waals surface area contributed by atoms with E-state index in [1.54, 1.807) is 14.1 Å². The summed E-state index contributed by atoms with van der Waals surface area (Å²) in [5, 5.41) is 17.2. The normalized spacial score (nSPS) is 18.6. The molecule has 1 aliphatic carbocycles. The van der Waals surface area contributed by atoms with Crippen molar-refractivity contribution in [1.82, 2.24) is 33.9 Å². The van der Waals surface area contributed by atoms with E-state index in [1.807, 2.05) is 16.6 Å². The van der Waals surface area contributed by atoms with Gasteiger partial charge in [-0.25, -0.2) is 8.42 Å². The van der Waals surface area contributed by atoms with Crippen LogP contribution in [0.2, 0.25) is 0 Å². The molecule has 0 N–H and O–H groups in total. The van der Waals surface area contributed by atoms with Crippen LogP contribution in [0.25, 0.3) is 5.65 Å². The summed E-state index contributed by atoms with van der Waals surface area (Å²) in [6, 6.07) is 3.73. The Bertz CT molecular complexity index is 1130. The standard InChI is InChI=1S/C17H22N8O2S/c1-22-11-14(8-18-22)28(26,27)23(2)13-9-24(10-13)16-7-6-15-19-20-17(25(15)21-16)12-4-3-5-12/h6-8,11-13H,3-5,9-10H2,1-2H3. The van der Waals surface area contributed by atoms with Crippen molar-refractivity contribution in [1.29, 1.82) is 0 Å². The maximum atomic E-state index is 12.7. The highest BCUT2D eigenvalue weighted by atomic mass is 32.2. The molecule has 28 heavy (non-hydrogen) atoms. The third-order valence-electron chi connectivity index (χ3n) is 5.80. The minimum absolute atomic E-state index is 0.102. The van der Waals surface area contributed by atoms with Gasteiger partial charge in [0, 0.05) is 39.3 Å². The molecule has 1 saturated carbocycles. The summed E-state index contributed by atoms with van der Waals surface area (Å²) in [6.07, 6.45) is 6.40. The van der Waals surface area contributed by atoms with Crippen molar-refractivity contribution >= 4 is 21.5 Å². The van der Waals surface area contributed by atoms with Crippen molar-refractivity contribution in [2.75, 3.05) is 25.0 Å². The Labute approximate surface area is 162 Å². The lowest BCUT2D eigenvalue weighted by atomic mass is 9.85. The molecule has 0 radical (unpaired) electrons. The summed E-state index contributed by atoms with van der Waals surface area (Å²) in [5.74, 6) is 2.19. The van der Waals surface area contributed by atoms with E-state index in [-0.39, 0.29) is 10.9 Å². The van der Waals surface area contributed by atoms with Gasteiger partial charge >= 0.3 is 0 Å². The predicted molar refractivity (Wildman–Crippen MR) is 102 cm³/mol. The molecule has 0 aromatic carbocycles. The van der Waals surface area contributed by atoms with E-state index in [0.29, 0.717) is 19.0 Å². The lowest BCUT2D eigenvalue weighted by Gasteiger charge is -2.43. The zero-order valence-electron chi connectivity index (χ0n) is 15.8. The van der Waals surface area contributed by atoms with E-state index >= 15 is 0 Å². The molecule has 2 fully saturated rings. The second-order valence-corrected chi connectivity index (χ2v) is 9.57. The van der Waals surface area contributed by atoms with Crippen LogP contribution in [0.5, 0.6) is 0 Å². The van der Waals surface area contributed by atoms with Gasteiger partial charge in [-0.2, -0.15) is 13.9 Å². The van der Waals surface area contributed by atoms with Gasteiger partial charge in [-0.15, -0.1) is 15.3 Å². The summed E-state index contributed by atoms with van der Waals surface area (Å²) in [6.45, 7) is 1.19. The molecular formula is C17H22N8O2S. The minimum atomic E-state index is -3.55. The number of hydrogen-bond acceptors (Lipinski definition) is 7. The first-order valence-corrected chi connectivity index (χ1v) is 10.8. The summed E-state index contributed by atoms with van der Waals surface area (Å²) in [5.41, 5.74) is 0.749. The second kappa shape index (κ2) is 6.24. The van der Waals surface area contributed by atoms with E-state index < -0.39 is 10.0 Å². The van der Waals surface area contributed by atoms with E-state index in [0.717, 1.165) is 30.1 Å². The largest absolute Gasteiger partial charge is 0.352 e. The molecule has 1 saturated heterocycles. The van der Waals surface area contributed by atoms with Crippen molar-refractivity contribution in [2.45, 2.75) is 36.1 Å². The van der Waals surface area contributed by atoms with Crippen molar-refractivity contribution in [3.63, 3.8) is 0 Å². The van der Waals surface area contributed by atoms with Crippen molar-refractivity contribution in [3.05, 3.63) is 30.4 Å². The number of rotatable bonds is 5. The van der Waals surface area contributed by atoms with Crippen LogP contribution in [0.1, 0.15) is 31.0 Å². The Kier molecular flexibility index (Phi) is 3.91. The third-order valence-corrected chi connectivity index (χ3v) is 7.66. The van der Waals surface area contributed by atoms with Crippen LogP contribution >= 0.6 is 0 Å². The number of fused-ring (bicyclic) bond motifs is 1. The lowest BCUT2D eigenvalue weighted by Crippen LogP contribution is -2.60. The van der Waals surface area contributed by atoms with Gasteiger partial charge in [-0.3, -0.25) is 4.68 Å². The van der Waals surface area contributed by atoms with Gasteiger partial charge in [0.1, 0.15) is 10.7 Å². The maximum absolute atomic E-state index is 12.7. The van der Waals surface area contributed by atoms with Crippen LogP contribution in [-0.2, 0) is 17.1 Å². The quantitative estimate of drug-likeness (QED) is 0.617. The van der Waals surface area contributed by atoms with Crippen molar-refractivity contribution in [2.24, 2.45) is 7.05 Å². The number of sulfonamides is 1. The molecule has 11 heteroatoms. The molecule has 2 aliphatic rings. The highest BCUT2D eigenvalue weighted by molar-refractivity contribution is 7.89. The Balaban J connectivity index is 1.32. The van der Waals surface area contributed by atoms with Gasteiger partial charge in [-0.05, 0) is 25.0 Å². The fraction of sp³-hybridized carbons (Fsp3) is 0.529. The number of aryl methyl sites for hydroxylation is 1. The van der Waals surface area contributed by atoms with Gasteiger partial charge in [0.25, 0.3) is 0 Å². The molecule has 0 unspecified atom stereocenters. The van der Waals surface area contributed by atoms with Crippen LogP contribution in [0.15, 0.2) is 29.4 Å². The highest BCUT2D eigenvalue weighted by Crippen LogP contribution is 2.35. The maximum Gasteiger partial charge on any atom is 0.246 e. The van der Waals surface area contributed by atoms with Gasteiger partial charge in [0.15, 0.2) is 11.5 Å². The summed E-state index contributed by atoms with van der Waals surface area (Å²) in [4.78, 5) is 2.29. The van der Waals surface area contributed by atoms with Crippen molar-refractivity contribution in [3.8, 4) is 0 Å². The van der Waals surface area contributed by atoms with E-state index in [9.17, 15) is 8.42 Å². The molecule has 0 atom stereocenters. The Morgan fingerprint density at radius 1 is 1.18 bits per heavy atom. The number of nitrogens with zero attached hydrogens (tertiary/aromatic N) is 8. The molecule has 3 aromatic rings. The van der Waals surface area contributed by atoms with E-state index in [1.165, 1.54) is 27.8 Å². The fourth-order valence-electron chi connectivity index (χ4n) is 3.65. The van der Waals surface area contributed by atoms with Crippen LogP contribution in [0.4, 0.5) is 5.82 Å². The Morgan fingerprint density at radius 3 is 2.61 bits per heavy atom. The zero-order valence-corrected chi connectivity index (χ0v) is 16.6. The second-order valence-electron chi connectivity index (χ2n) is 7.58. The minimum Gasteiger partial charge on any atom is -0.352 e. The average Bonchev–Trinajstić information content (AvgIpc) is 3.19. The molecule has 0 bridgehead atoms. The smallest absolute Gasteiger partial charge is 0.246 e. The van der Waals surface area contributed by atoms with E-state index in [4.69, 9.17) is 5.10 Å². The molecule has 3 aromatic heterocycles. The third kappa shape index (κ3) is 2.68. The fourth-order valence-corrected chi connectivity index (χ4v) is 4.98. The molecule has 4 heterocycles. The van der Waals surface area contributed by atoms with Crippen LogP contribution < -0.4 is 4.90 Å². The van der Waals surface area contributed by atoms with Gasteiger partial charge < -0.3 is 4.90 Å². The van der Waals surface area contributed by atoms with Gasteiger partial charge in [0.2, 0.25) is 10.0 Å². The number of likely N-dealkylation sites (N-methyl/N-ethyl adjacent to an activating group) is 1. The number of anilines is 1. The topological polar surface area (TPSA) is 102 Å². The summed E-state index contributed by atoms with van der Waals surface area (Å²) < 4.78 is 30.2. The molecule has 0 spiro atoms. The first kappa shape index (κ1) is 17.6. The summed E-state index contributed by atoms with van der Waals surface area (Å²) in [7, 11) is -0.222. The van der Waals surface area contributed by atoms with Crippen LogP contribution in [0.3, 0.4) is 0 Å². The monoisotopic (exact) mass is 402 g/mol. The molecule has 0 amide bonds. The van der Waals surface area contributed by atoms with Crippen LogP contribution in [0, 0.1) is 0 Å². The molecular weight excluding hydrogens is 380 g/mol. The average molecular weight is 402 g/mol. The summed E-state index contributed by atoms with van der Waals surface area (Å²) >= 11 is 0. The first-order chi connectivity index (χ1) is 13.4. The molecule has 148 valence electrons. The SMILES string of the molecule is CN(C1CN(c2ccc3nnc(C4CCC4)n3n2)C1)S(=O)(=O)c1cnn(C)c1. The molecule has 10 nitrogen and oxygen atoms in total. The predicted octanol–water partition coefficient (Wildman–Crippen LogP) is 0.635. The molecule has 5 rings (SSSR count).